The van der Waals surface area contributed by atoms with E-state index < -0.39 is 28.3 Å². The molecule has 0 fully saturated rings. The van der Waals surface area contributed by atoms with Crippen molar-refractivity contribution >= 4 is 17.7 Å². The van der Waals surface area contributed by atoms with E-state index in [0.717, 1.165) is 11.8 Å². The standard InChI is InChI=1S/C18H18FN5O4S/c1-3-28-16(26)10(2)29-18-23-22-14(8-12-9-15(25)21-17(27)20-12)24(18)13-6-4-11(19)5-7-13/h4-7,9-10H,3,8H2,1-2H3,(H2,20,21,25,27). The zero-order valence-electron chi connectivity index (χ0n) is 15.6. The smallest absolute Gasteiger partial charge is 0.325 e. The Morgan fingerprint density at radius 3 is 2.62 bits per heavy atom. The topological polar surface area (TPSA) is 123 Å². The maximum atomic E-state index is 13.4. The first-order valence-corrected chi connectivity index (χ1v) is 9.61. The van der Waals surface area contributed by atoms with Gasteiger partial charge in [-0.15, -0.1) is 10.2 Å². The monoisotopic (exact) mass is 419 g/mol. The van der Waals surface area contributed by atoms with Crippen molar-refractivity contribution in [3.63, 3.8) is 0 Å². The Balaban J connectivity index is 2.01. The third kappa shape index (κ3) is 4.99. The predicted octanol–water partition coefficient (Wildman–Crippen LogP) is 1.42. The molecule has 9 nitrogen and oxygen atoms in total. The van der Waals surface area contributed by atoms with Crippen molar-refractivity contribution in [1.82, 2.24) is 24.7 Å². The van der Waals surface area contributed by atoms with Gasteiger partial charge in [0.1, 0.15) is 16.9 Å². The first-order chi connectivity index (χ1) is 13.9. The number of nitrogens with zero attached hydrogens (tertiary/aromatic N) is 3. The Labute approximate surface area is 168 Å². The van der Waals surface area contributed by atoms with Crippen LogP contribution in [0.25, 0.3) is 5.69 Å². The van der Waals surface area contributed by atoms with E-state index in [4.69, 9.17) is 4.74 Å². The molecule has 1 unspecified atom stereocenters. The molecule has 0 saturated carbocycles. The van der Waals surface area contributed by atoms with Crippen molar-refractivity contribution in [2.75, 3.05) is 6.61 Å². The number of esters is 1. The molecule has 1 atom stereocenters. The minimum absolute atomic E-state index is 0.0951. The van der Waals surface area contributed by atoms with E-state index in [1.807, 2.05) is 0 Å². The van der Waals surface area contributed by atoms with Gasteiger partial charge in [-0.1, -0.05) is 11.8 Å². The van der Waals surface area contributed by atoms with Crippen molar-refractivity contribution in [3.05, 3.63) is 68.5 Å². The third-order valence-electron chi connectivity index (χ3n) is 3.85. The first-order valence-electron chi connectivity index (χ1n) is 8.73. The molecule has 3 aromatic rings. The summed E-state index contributed by atoms with van der Waals surface area (Å²) in [4.78, 5) is 39.7. The quantitative estimate of drug-likeness (QED) is 0.439. The van der Waals surface area contributed by atoms with Crippen molar-refractivity contribution in [1.29, 1.82) is 0 Å². The number of aromatic amines is 2. The van der Waals surface area contributed by atoms with Crippen LogP contribution >= 0.6 is 11.8 Å². The minimum Gasteiger partial charge on any atom is -0.465 e. The lowest BCUT2D eigenvalue weighted by molar-refractivity contribution is -0.142. The Morgan fingerprint density at radius 2 is 1.97 bits per heavy atom. The molecule has 1 aromatic carbocycles. The number of nitrogens with one attached hydrogen (secondary N) is 2. The maximum Gasteiger partial charge on any atom is 0.325 e. The number of ether oxygens (including phenoxy) is 1. The molecule has 0 aliphatic carbocycles. The summed E-state index contributed by atoms with van der Waals surface area (Å²) in [6.07, 6.45) is 0.0951. The van der Waals surface area contributed by atoms with Gasteiger partial charge in [0.15, 0.2) is 5.16 Å². The van der Waals surface area contributed by atoms with Gasteiger partial charge >= 0.3 is 11.7 Å². The van der Waals surface area contributed by atoms with E-state index in [9.17, 15) is 18.8 Å². The van der Waals surface area contributed by atoms with Gasteiger partial charge in [-0.05, 0) is 38.1 Å². The van der Waals surface area contributed by atoms with Gasteiger partial charge in [0.2, 0.25) is 0 Å². The highest BCUT2D eigenvalue weighted by atomic mass is 32.2. The molecule has 29 heavy (non-hydrogen) atoms. The lowest BCUT2D eigenvalue weighted by Crippen LogP contribution is -2.23. The molecule has 0 spiro atoms. The number of carbonyl (C=O) groups excluding carboxylic acids is 1. The molecule has 2 aromatic heterocycles. The van der Waals surface area contributed by atoms with Gasteiger partial charge in [-0.25, -0.2) is 9.18 Å². The van der Waals surface area contributed by atoms with Crippen LogP contribution in [0, 0.1) is 5.82 Å². The van der Waals surface area contributed by atoms with Crippen LogP contribution in [0.15, 0.2) is 45.1 Å². The fourth-order valence-corrected chi connectivity index (χ4v) is 3.48. The molecule has 152 valence electrons. The summed E-state index contributed by atoms with van der Waals surface area (Å²) in [5.41, 5.74) is -0.269. The van der Waals surface area contributed by atoms with Crippen LogP contribution in [-0.4, -0.2) is 42.6 Å². The van der Waals surface area contributed by atoms with Crippen LogP contribution in [0.1, 0.15) is 25.4 Å². The van der Waals surface area contributed by atoms with Crippen molar-refractivity contribution in [3.8, 4) is 5.69 Å². The zero-order chi connectivity index (χ0) is 21.0. The SMILES string of the molecule is CCOC(=O)C(C)Sc1nnc(Cc2cc(=O)[nH]c(=O)[nH]2)n1-c1ccc(F)cc1. The van der Waals surface area contributed by atoms with Crippen LogP contribution in [0.3, 0.4) is 0 Å². The van der Waals surface area contributed by atoms with Crippen molar-refractivity contribution in [2.45, 2.75) is 30.7 Å². The summed E-state index contributed by atoms with van der Waals surface area (Å²) in [5.74, 6) is -0.403. The number of benzene rings is 1. The normalized spacial score (nSPS) is 12.0. The number of rotatable bonds is 7. The molecule has 11 heteroatoms. The van der Waals surface area contributed by atoms with E-state index in [1.54, 1.807) is 30.5 Å². The maximum absolute atomic E-state index is 13.4. The molecule has 0 bridgehead atoms. The average Bonchev–Trinajstić information content (AvgIpc) is 3.03. The number of hydrogen-bond donors (Lipinski definition) is 2. The number of carbonyl (C=O) groups is 1. The molecular formula is C18H18FN5O4S. The van der Waals surface area contributed by atoms with E-state index in [0.29, 0.717) is 22.4 Å². The van der Waals surface area contributed by atoms with Gasteiger partial charge in [0.25, 0.3) is 5.56 Å². The predicted molar refractivity (Wildman–Crippen MR) is 104 cm³/mol. The lowest BCUT2D eigenvalue weighted by atomic mass is 10.2. The third-order valence-corrected chi connectivity index (χ3v) is 4.87. The lowest BCUT2D eigenvalue weighted by Gasteiger charge is -2.13. The van der Waals surface area contributed by atoms with Crippen LogP contribution in [-0.2, 0) is 16.0 Å². The van der Waals surface area contributed by atoms with E-state index in [1.165, 1.54) is 18.2 Å². The van der Waals surface area contributed by atoms with Gasteiger partial charge < -0.3 is 9.72 Å². The zero-order valence-corrected chi connectivity index (χ0v) is 16.5. The molecule has 3 rings (SSSR count). The number of hydrogen-bond acceptors (Lipinski definition) is 7. The molecule has 2 heterocycles. The summed E-state index contributed by atoms with van der Waals surface area (Å²) < 4.78 is 20.0. The Kier molecular flexibility index (Phi) is 6.27. The van der Waals surface area contributed by atoms with Crippen LogP contribution < -0.4 is 11.2 Å². The average molecular weight is 419 g/mol. The highest BCUT2D eigenvalue weighted by molar-refractivity contribution is 8.00. The Bertz CT molecular complexity index is 1090. The first kappa shape index (κ1) is 20.5. The summed E-state index contributed by atoms with van der Waals surface area (Å²) >= 11 is 1.14. The fourth-order valence-electron chi connectivity index (χ4n) is 2.59. The molecule has 0 aliphatic heterocycles. The number of halogens is 1. The van der Waals surface area contributed by atoms with Crippen LogP contribution in [0.2, 0.25) is 0 Å². The number of H-pyrrole nitrogens is 2. The molecule has 0 radical (unpaired) electrons. The summed E-state index contributed by atoms with van der Waals surface area (Å²) in [6, 6.07) is 6.91. The highest BCUT2D eigenvalue weighted by Gasteiger charge is 2.22. The molecule has 0 amide bonds. The van der Waals surface area contributed by atoms with Crippen LogP contribution in [0.4, 0.5) is 4.39 Å². The second-order valence-corrected chi connectivity index (χ2v) is 7.32. The second kappa shape index (κ2) is 8.86. The number of aromatic nitrogens is 5. The highest BCUT2D eigenvalue weighted by Crippen LogP contribution is 2.27. The van der Waals surface area contributed by atoms with E-state index in [2.05, 4.69) is 20.2 Å². The van der Waals surface area contributed by atoms with Crippen molar-refractivity contribution < 1.29 is 13.9 Å². The summed E-state index contributed by atoms with van der Waals surface area (Å²) in [5, 5.41) is 8.11. The largest absolute Gasteiger partial charge is 0.465 e. The fraction of sp³-hybridized carbons (Fsp3) is 0.278. The second-order valence-electron chi connectivity index (χ2n) is 6.01. The van der Waals surface area contributed by atoms with Gasteiger partial charge in [-0.3, -0.25) is 19.1 Å². The van der Waals surface area contributed by atoms with E-state index in [-0.39, 0.29) is 13.0 Å². The van der Waals surface area contributed by atoms with Gasteiger partial charge in [0, 0.05) is 23.9 Å². The Morgan fingerprint density at radius 1 is 1.24 bits per heavy atom. The van der Waals surface area contributed by atoms with E-state index >= 15 is 0 Å². The minimum atomic E-state index is -0.633. The van der Waals surface area contributed by atoms with Crippen molar-refractivity contribution in [2.24, 2.45) is 0 Å². The number of thioether (sulfide) groups is 1. The molecule has 0 saturated heterocycles. The van der Waals surface area contributed by atoms with Gasteiger partial charge in [-0.2, -0.15) is 0 Å². The molecule has 2 N–H and O–H groups in total. The summed E-state index contributed by atoms with van der Waals surface area (Å²) in [6.45, 7) is 3.66. The summed E-state index contributed by atoms with van der Waals surface area (Å²) in [7, 11) is 0. The molecule has 0 aliphatic rings. The van der Waals surface area contributed by atoms with Gasteiger partial charge in [0.05, 0.1) is 6.61 Å². The van der Waals surface area contributed by atoms with Crippen LogP contribution in [0.5, 0.6) is 0 Å². The Hall–Kier alpha value is -3.21. The molecular weight excluding hydrogens is 401 g/mol.